The number of carbonyl (C=O) groups is 1. The van der Waals surface area contributed by atoms with Gasteiger partial charge in [0.25, 0.3) is 0 Å². The minimum Gasteiger partial charge on any atom is -0.387 e. The Bertz CT molecular complexity index is 218. The Kier molecular flexibility index (Phi) is 3.57. The molecule has 1 aliphatic heterocycles. The number of aliphatic hydroxyl groups excluding tert-OH is 4. The van der Waals surface area contributed by atoms with Crippen molar-refractivity contribution >= 4 is 5.78 Å². The van der Waals surface area contributed by atoms with E-state index in [4.69, 9.17) is 9.84 Å². The van der Waals surface area contributed by atoms with Crippen LogP contribution in [0.3, 0.4) is 0 Å². The lowest BCUT2D eigenvalue weighted by Gasteiger charge is -2.36. The summed E-state index contributed by atoms with van der Waals surface area (Å²) in [4.78, 5) is 10.8. The lowest BCUT2D eigenvalue weighted by Crippen LogP contribution is -2.56. The van der Waals surface area contributed by atoms with Crippen molar-refractivity contribution < 1.29 is 30.0 Å². The fraction of sp³-hybridized carbons (Fsp3) is 0.750. The number of hydrogen-bond acceptors (Lipinski definition) is 6. The van der Waals surface area contributed by atoms with E-state index in [0.29, 0.717) is 0 Å². The number of Topliss-reactive ketones (excluding diaryl/α,β-unsaturated/α-hetero) is 1. The first-order valence-corrected chi connectivity index (χ1v) is 4.16. The molecule has 1 unspecified atom stereocenters. The maximum atomic E-state index is 10.8. The molecule has 0 aromatic carbocycles. The predicted molar refractivity (Wildman–Crippen MR) is 43.9 cm³/mol. The third-order valence-corrected chi connectivity index (χ3v) is 2.14. The van der Waals surface area contributed by atoms with Gasteiger partial charge < -0.3 is 25.2 Å². The minimum absolute atomic E-state index is 0.578. The fourth-order valence-corrected chi connectivity index (χ4v) is 1.22. The highest BCUT2D eigenvalue weighted by Crippen LogP contribution is 2.21. The van der Waals surface area contributed by atoms with Gasteiger partial charge in [-0.1, -0.05) is 0 Å². The van der Waals surface area contributed by atoms with Gasteiger partial charge in [-0.2, -0.15) is 0 Å². The number of ether oxygens (including phenoxy) is 1. The molecule has 1 radical (unpaired) electrons. The highest BCUT2D eigenvalue weighted by Gasteiger charge is 2.42. The van der Waals surface area contributed by atoms with Crippen LogP contribution in [0.2, 0.25) is 0 Å². The summed E-state index contributed by atoms with van der Waals surface area (Å²) in [7, 11) is 0. The molecule has 0 aliphatic carbocycles. The topological polar surface area (TPSA) is 107 Å². The Morgan fingerprint density at radius 3 is 2.43 bits per heavy atom. The maximum Gasteiger partial charge on any atom is 0.160 e. The Morgan fingerprint density at radius 2 is 1.93 bits per heavy atom. The Hall–Kier alpha value is -0.530. The zero-order chi connectivity index (χ0) is 10.9. The van der Waals surface area contributed by atoms with Crippen LogP contribution < -0.4 is 0 Å². The van der Waals surface area contributed by atoms with Gasteiger partial charge in [-0.3, -0.25) is 4.79 Å². The lowest BCUT2D eigenvalue weighted by atomic mass is 9.95. The quantitative estimate of drug-likeness (QED) is 0.399. The van der Waals surface area contributed by atoms with Crippen LogP contribution in [-0.4, -0.2) is 56.7 Å². The van der Waals surface area contributed by atoms with Gasteiger partial charge >= 0.3 is 0 Å². The van der Waals surface area contributed by atoms with Crippen LogP contribution in [0, 0.1) is 6.61 Å². The Morgan fingerprint density at radius 1 is 1.36 bits per heavy atom. The molecule has 6 heteroatoms. The van der Waals surface area contributed by atoms with Gasteiger partial charge in [-0.25, -0.2) is 0 Å². The summed E-state index contributed by atoms with van der Waals surface area (Å²) in [6.07, 6.45) is -7.01. The number of hydrogen-bond donors (Lipinski definition) is 4. The van der Waals surface area contributed by atoms with E-state index in [9.17, 15) is 20.1 Å². The number of aliphatic hydroxyl groups is 4. The van der Waals surface area contributed by atoms with Gasteiger partial charge in [-0.15, -0.1) is 0 Å². The van der Waals surface area contributed by atoms with Crippen LogP contribution in [0.1, 0.15) is 6.92 Å². The average molecular weight is 205 g/mol. The van der Waals surface area contributed by atoms with Crippen LogP contribution in [0.5, 0.6) is 0 Å². The highest BCUT2D eigenvalue weighted by molar-refractivity contribution is 5.80. The van der Waals surface area contributed by atoms with Crippen molar-refractivity contribution in [2.24, 2.45) is 0 Å². The van der Waals surface area contributed by atoms with Crippen LogP contribution in [-0.2, 0) is 9.53 Å². The molecular weight excluding hydrogens is 192 g/mol. The van der Waals surface area contributed by atoms with Crippen LogP contribution >= 0.6 is 0 Å². The van der Waals surface area contributed by atoms with E-state index in [1.54, 1.807) is 0 Å². The van der Waals surface area contributed by atoms with E-state index in [0.717, 1.165) is 13.5 Å². The molecule has 4 N–H and O–H groups in total. The van der Waals surface area contributed by atoms with Crippen molar-refractivity contribution in [3.05, 3.63) is 6.61 Å². The number of carbonyl (C=O) groups excluding carboxylic acids is 1. The summed E-state index contributed by atoms with van der Waals surface area (Å²) in [6, 6.07) is 0. The highest BCUT2D eigenvalue weighted by atomic mass is 16.5. The molecule has 0 amide bonds. The maximum absolute atomic E-state index is 10.8. The second-order valence-electron chi connectivity index (χ2n) is 3.26. The second-order valence-corrected chi connectivity index (χ2v) is 3.26. The molecule has 1 rings (SSSR count). The molecule has 1 aliphatic rings. The fourth-order valence-electron chi connectivity index (χ4n) is 1.22. The third-order valence-electron chi connectivity index (χ3n) is 2.14. The molecule has 81 valence electrons. The first kappa shape index (κ1) is 11.5. The van der Waals surface area contributed by atoms with Crippen molar-refractivity contribution in [3.8, 4) is 0 Å². The van der Waals surface area contributed by atoms with Gasteiger partial charge in [0.15, 0.2) is 5.78 Å². The molecular formula is C8H13O6. The molecule has 1 heterocycles. The van der Waals surface area contributed by atoms with Crippen molar-refractivity contribution in [2.75, 3.05) is 0 Å². The molecule has 6 nitrogen and oxygen atoms in total. The predicted octanol–water partition coefficient (Wildman–Crippen LogP) is -2.42. The van der Waals surface area contributed by atoms with Crippen molar-refractivity contribution in [3.63, 3.8) is 0 Å². The second kappa shape index (κ2) is 4.33. The molecule has 0 bridgehead atoms. The SMILES string of the molecule is CC(=O)C(O)[C@H]1O[CH][C@H](O)[C@@H](O)[C@@H]1O. The number of rotatable bonds is 2. The van der Waals surface area contributed by atoms with Crippen LogP contribution in [0.15, 0.2) is 0 Å². The molecule has 14 heavy (non-hydrogen) atoms. The van der Waals surface area contributed by atoms with Crippen LogP contribution in [0.25, 0.3) is 0 Å². The van der Waals surface area contributed by atoms with Gasteiger partial charge in [0.05, 0.1) is 0 Å². The third kappa shape index (κ3) is 2.10. The summed E-state index contributed by atoms with van der Waals surface area (Å²) in [5.41, 5.74) is 0. The summed E-state index contributed by atoms with van der Waals surface area (Å²) in [6.45, 7) is 2.02. The summed E-state index contributed by atoms with van der Waals surface area (Å²) in [5.74, 6) is -0.578. The molecule has 1 saturated heterocycles. The Labute approximate surface area is 80.7 Å². The van der Waals surface area contributed by atoms with Gasteiger partial charge in [0.2, 0.25) is 0 Å². The number of ketones is 1. The Balaban J connectivity index is 2.67. The van der Waals surface area contributed by atoms with Crippen LogP contribution in [0.4, 0.5) is 0 Å². The van der Waals surface area contributed by atoms with E-state index in [1.807, 2.05) is 0 Å². The molecule has 0 spiro atoms. The summed E-state index contributed by atoms with van der Waals surface area (Å²) >= 11 is 0. The summed E-state index contributed by atoms with van der Waals surface area (Å²) < 4.78 is 4.74. The normalized spacial score (nSPS) is 40.6. The van der Waals surface area contributed by atoms with E-state index >= 15 is 0 Å². The smallest absolute Gasteiger partial charge is 0.160 e. The van der Waals surface area contributed by atoms with Crippen molar-refractivity contribution in [1.82, 2.24) is 0 Å². The van der Waals surface area contributed by atoms with Crippen molar-refractivity contribution in [2.45, 2.75) is 37.4 Å². The van der Waals surface area contributed by atoms with E-state index in [1.165, 1.54) is 0 Å². The first-order chi connectivity index (χ1) is 6.45. The standard InChI is InChI=1S/C8H13O6/c1-3(9)5(11)8-7(13)6(12)4(10)2-14-8/h2,4-8,10-13H,1H3/t4-,5?,6+,7-,8+/m0/s1. The monoisotopic (exact) mass is 205 g/mol. The molecule has 5 atom stereocenters. The molecule has 0 aromatic rings. The molecule has 1 fully saturated rings. The zero-order valence-electron chi connectivity index (χ0n) is 7.57. The molecule has 0 saturated carbocycles. The lowest BCUT2D eigenvalue weighted by molar-refractivity contribution is -0.188. The minimum atomic E-state index is -1.51. The first-order valence-electron chi connectivity index (χ1n) is 4.16. The summed E-state index contributed by atoms with van der Waals surface area (Å²) in [5, 5.41) is 36.9. The average Bonchev–Trinajstić information content (AvgIpc) is 2.13. The van der Waals surface area contributed by atoms with E-state index in [-0.39, 0.29) is 0 Å². The van der Waals surface area contributed by atoms with Gasteiger partial charge in [0.1, 0.15) is 37.1 Å². The zero-order valence-corrected chi connectivity index (χ0v) is 7.57. The largest absolute Gasteiger partial charge is 0.387 e. The van der Waals surface area contributed by atoms with Gasteiger partial charge in [-0.05, 0) is 6.92 Å². The van der Waals surface area contributed by atoms with Gasteiger partial charge in [0, 0.05) is 0 Å². The molecule has 0 aromatic heterocycles. The van der Waals surface area contributed by atoms with E-state index < -0.39 is 36.3 Å². The van der Waals surface area contributed by atoms with Crippen molar-refractivity contribution in [1.29, 1.82) is 0 Å². The van der Waals surface area contributed by atoms with E-state index in [2.05, 4.69) is 0 Å².